The van der Waals surface area contributed by atoms with Gasteiger partial charge in [0.25, 0.3) is 0 Å². The summed E-state index contributed by atoms with van der Waals surface area (Å²) in [6.45, 7) is 14.8. The van der Waals surface area contributed by atoms with Gasteiger partial charge in [-0.25, -0.2) is 0 Å². The molecule has 1 aromatic rings. The molecule has 0 aromatic heterocycles. The van der Waals surface area contributed by atoms with Crippen LogP contribution in [0.1, 0.15) is 79.2 Å². The summed E-state index contributed by atoms with van der Waals surface area (Å²) in [4.78, 5) is 26.5. The number of ether oxygens (including phenoxy) is 1. The monoisotopic (exact) mass is 416 g/mol. The van der Waals surface area contributed by atoms with Crippen LogP contribution in [0.2, 0.25) is 0 Å². The Morgan fingerprint density at radius 1 is 1.03 bits per heavy atom. The van der Waals surface area contributed by atoms with Crippen LogP contribution in [-0.2, 0) is 15.0 Å². The number of carbonyl (C=O) groups excluding carboxylic acids is 2. The van der Waals surface area contributed by atoms with Crippen molar-refractivity contribution < 1.29 is 14.3 Å². The van der Waals surface area contributed by atoms with Gasteiger partial charge in [-0.05, 0) is 47.8 Å². The summed E-state index contributed by atoms with van der Waals surface area (Å²) in [6.07, 6.45) is 3.41. The lowest BCUT2D eigenvalue weighted by Crippen LogP contribution is -2.47. The minimum absolute atomic E-state index is 0.00253. The summed E-state index contributed by atoms with van der Waals surface area (Å²) in [7, 11) is 0. The summed E-state index contributed by atoms with van der Waals surface area (Å²) in [5.74, 6) is 1.14. The molecule has 0 aliphatic carbocycles. The second kappa shape index (κ2) is 10.3. The average molecular weight is 417 g/mol. The van der Waals surface area contributed by atoms with Crippen molar-refractivity contribution in [3.63, 3.8) is 0 Å². The maximum Gasteiger partial charge on any atom is 0.222 e. The topological polar surface area (TPSA) is 58.6 Å². The highest BCUT2D eigenvalue weighted by molar-refractivity contribution is 5.77. The van der Waals surface area contributed by atoms with Crippen LogP contribution in [0.4, 0.5) is 0 Å². The molecule has 5 nitrogen and oxygen atoms in total. The lowest BCUT2D eigenvalue weighted by Gasteiger charge is -2.33. The molecule has 30 heavy (non-hydrogen) atoms. The van der Waals surface area contributed by atoms with Crippen molar-refractivity contribution in [2.45, 2.75) is 85.1 Å². The molecule has 2 rings (SSSR count). The molecule has 1 fully saturated rings. The number of hydrogen-bond acceptors (Lipinski definition) is 3. The zero-order valence-electron chi connectivity index (χ0n) is 19.7. The smallest absolute Gasteiger partial charge is 0.222 e. The van der Waals surface area contributed by atoms with E-state index in [0.29, 0.717) is 39.0 Å². The Morgan fingerprint density at radius 3 is 2.17 bits per heavy atom. The zero-order chi connectivity index (χ0) is 22.4. The van der Waals surface area contributed by atoms with E-state index in [1.165, 1.54) is 5.56 Å². The molecular weight excluding hydrogens is 376 g/mol. The van der Waals surface area contributed by atoms with E-state index >= 15 is 0 Å². The molecule has 1 N–H and O–H groups in total. The Kier molecular flexibility index (Phi) is 8.34. The highest BCUT2D eigenvalue weighted by Gasteiger charge is 2.25. The van der Waals surface area contributed by atoms with Crippen LogP contribution < -0.4 is 10.1 Å². The summed E-state index contributed by atoms with van der Waals surface area (Å²) in [5.41, 5.74) is 1.41. The van der Waals surface area contributed by atoms with Crippen LogP contribution in [0.25, 0.3) is 0 Å². The molecule has 1 aliphatic heterocycles. The maximum absolute atomic E-state index is 12.5. The van der Waals surface area contributed by atoms with Gasteiger partial charge in [-0.2, -0.15) is 0 Å². The van der Waals surface area contributed by atoms with Crippen LogP contribution in [0.15, 0.2) is 24.3 Å². The molecule has 1 saturated heterocycles. The Labute approximate surface area is 182 Å². The lowest BCUT2D eigenvalue weighted by molar-refractivity contribution is -0.132. The van der Waals surface area contributed by atoms with Crippen molar-refractivity contribution >= 4 is 11.8 Å². The van der Waals surface area contributed by atoms with Gasteiger partial charge in [-0.1, -0.05) is 53.7 Å². The summed E-state index contributed by atoms with van der Waals surface area (Å²) >= 11 is 0. The third-order valence-electron chi connectivity index (χ3n) is 5.43. The fraction of sp³-hybridized carbons (Fsp3) is 0.680. The number of rotatable bonds is 7. The molecule has 0 unspecified atom stereocenters. The first kappa shape index (κ1) is 24.2. The van der Waals surface area contributed by atoms with Gasteiger partial charge >= 0.3 is 0 Å². The Bertz CT molecular complexity index is 691. The quantitative estimate of drug-likeness (QED) is 0.656. The Morgan fingerprint density at radius 2 is 1.63 bits per heavy atom. The van der Waals surface area contributed by atoms with Gasteiger partial charge in [0.05, 0.1) is 6.61 Å². The Balaban J connectivity index is 1.64. The molecule has 5 heteroatoms. The largest absolute Gasteiger partial charge is 0.494 e. The SMILES string of the molecule is CC(C)(C)CC(=O)NC1CCN(C(=O)CCCOc2ccc(C(C)(C)C)cc2)CC1. The van der Waals surface area contributed by atoms with Gasteiger partial charge in [-0.3, -0.25) is 9.59 Å². The summed E-state index contributed by atoms with van der Waals surface area (Å²) in [5, 5.41) is 3.12. The predicted octanol–water partition coefficient (Wildman–Crippen LogP) is 4.69. The van der Waals surface area contributed by atoms with E-state index in [2.05, 4.69) is 59.0 Å². The third-order valence-corrected chi connectivity index (χ3v) is 5.43. The van der Waals surface area contributed by atoms with E-state index in [9.17, 15) is 9.59 Å². The van der Waals surface area contributed by atoms with Crippen LogP contribution >= 0.6 is 0 Å². The fourth-order valence-electron chi connectivity index (χ4n) is 3.66. The van der Waals surface area contributed by atoms with Crippen LogP contribution in [0.3, 0.4) is 0 Å². The second-order valence-corrected chi connectivity index (χ2v) is 10.7. The number of carbonyl (C=O) groups is 2. The molecule has 0 atom stereocenters. The molecule has 168 valence electrons. The van der Waals surface area contributed by atoms with Gasteiger partial charge in [0, 0.05) is 32.0 Å². The number of benzene rings is 1. The lowest BCUT2D eigenvalue weighted by atomic mass is 9.87. The molecule has 0 radical (unpaired) electrons. The van der Waals surface area contributed by atoms with Crippen LogP contribution in [-0.4, -0.2) is 42.5 Å². The minimum Gasteiger partial charge on any atom is -0.494 e. The van der Waals surface area contributed by atoms with Crippen LogP contribution in [0, 0.1) is 5.41 Å². The molecule has 0 saturated carbocycles. The van der Waals surface area contributed by atoms with E-state index in [0.717, 1.165) is 18.6 Å². The molecule has 2 amide bonds. The van der Waals surface area contributed by atoms with E-state index in [1.54, 1.807) is 0 Å². The highest BCUT2D eigenvalue weighted by Crippen LogP contribution is 2.24. The van der Waals surface area contributed by atoms with E-state index < -0.39 is 0 Å². The minimum atomic E-state index is -0.00253. The first-order chi connectivity index (χ1) is 13.9. The van der Waals surface area contributed by atoms with Crippen molar-refractivity contribution in [2.24, 2.45) is 5.41 Å². The van der Waals surface area contributed by atoms with Gasteiger partial charge in [-0.15, -0.1) is 0 Å². The number of likely N-dealkylation sites (tertiary alicyclic amines) is 1. The number of hydrogen-bond donors (Lipinski definition) is 1. The summed E-state index contributed by atoms with van der Waals surface area (Å²) in [6, 6.07) is 8.39. The molecule has 1 heterocycles. The molecular formula is C25H40N2O3. The van der Waals surface area contributed by atoms with Gasteiger partial charge in [0.2, 0.25) is 11.8 Å². The number of amides is 2. The number of nitrogens with zero attached hydrogens (tertiary/aromatic N) is 1. The molecule has 0 bridgehead atoms. The second-order valence-electron chi connectivity index (χ2n) is 10.7. The van der Waals surface area contributed by atoms with Crippen molar-refractivity contribution in [3.8, 4) is 5.75 Å². The number of piperidine rings is 1. The van der Waals surface area contributed by atoms with E-state index in [4.69, 9.17) is 4.74 Å². The Hall–Kier alpha value is -2.04. The molecule has 0 spiro atoms. The number of nitrogens with one attached hydrogen (secondary N) is 1. The standard InChI is InChI=1S/C25H40N2O3/c1-24(2,3)18-22(28)26-20-13-15-27(16-14-20)23(29)8-7-17-30-21-11-9-19(10-12-21)25(4,5)6/h9-12,20H,7-8,13-18H2,1-6H3,(H,26,28). The van der Waals surface area contributed by atoms with Crippen molar-refractivity contribution in [3.05, 3.63) is 29.8 Å². The predicted molar refractivity (Wildman–Crippen MR) is 122 cm³/mol. The summed E-state index contributed by atoms with van der Waals surface area (Å²) < 4.78 is 5.79. The van der Waals surface area contributed by atoms with E-state index in [1.807, 2.05) is 17.0 Å². The van der Waals surface area contributed by atoms with Gasteiger partial charge in [0.15, 0.2) is 0 Å². The third kappa shape index (κ3) is 8.37. The fourth-order valence-corrected chi connectivity index (χ4v) is 3.66. The first-order valence-electron chi connectivity index (χ1n) is 11.2. The molecule has 1 aliphatic rings. The van der Waals surface area contributed by atoms with Gasteiger partial charge in [0.1, 0.15) is 5.75 Å². The zero-order valence-corrected chi connectivity index (χ0v) is 19.7. The van der Waals surface area contributed by atoms with E-state index in [-0.39, 0.29) is 28.7 Å². The highest BCUT2D eigenvalue weighted by atomic mass is 16.5. The average Bonchev–Trinajstić information content (AvgIpc) is 2.64. The van der Waals surface area contributed by atoms with Gasteiger partial charge < -0.3 is 15.0 Å². The van der Waals surface area contributed by atoms with Crippen molar-refractivity contribution in [1.29, 1.82) is 0 Å². The van der Waals surface area contributed by atoms with Crippen LogP contribution in [0.5, 0.6) is 5.75 Å². The van der Waals surface area contributed by atoms with Crippen molar-refractivity contribution in [2.75, 3.05) is 19.7 Å². The first-order valence-corrected chi connectivity index (χ1v) is 11.2. The maximum atomic E-state index is 12.5. The molecule has 1 aromatic carbocycles. The normalized spacial score (nSPS) is 15.7. The van der Waals surface area contributed by atoms with Crippen molar-refractivity contribution in [1.82, 2.24) is 10.2 Å².